The van der Waals surface area contributed by atoms with Gasteiger partial charge in [0.15, 0.2) is 4.80 Å². The Balaban J connectivity index is 1.42. The van der Waals surface area contributed by atoms with Crippen molar-refractivity contribution in [2.45, 2.75) is 32.7 Å². The summed E-state index contributed by atoms with van der Waals surface area (Å²) < 4.78 is 13.0. The van der Waals surface area contributed by atoms with Gasteiger partial charge in [-0.3, -0.25) is 9.59 Å². The fraction of sp³-hybridized carbons (Fsp3) is 0.385. The van der Waals surface area contributed by atoms with E-state index in [1.165, 1.54) is 29.8 Å². The first kappa shape index (κ1) is 27.0. The zero-order valence-electron chi connectivity index (χ0n) is 20.8. The number of carbonyl (C=O) groups excluding carboxylic acids is 3. The first-order chi connectivity index (χ1) is 17.8. The number of rotatable bonds is 8. The number of aromatic nitrogens is 1. The highest BCUT2D eigenvalue weighted by molar-refractivity contribution is 8.00. The number of nitrogens with zero attached hydrogens (tertiary/aromatic N) is 2. The molecule has 2 heterocycles. The SMILES string of the molecule is C#CCn1c(=NC(=O)CSCC(=O)Nc2sc3c(c2C(=O)OC)CCC(C)C3)sc2cc(OC)ccc21. The van der Waals surface area contributed by atoms with Crippen molar-refractivity contribution in [1.29, 1.82) is 0 Å². The summed E-state index contributed by atoms with van der Waals surface area (Å²) in [6.45, 7) is 2.46. The van der Waals surface area contributed by atoms with Crippen molar-refractivity contribution in [3.05, 3.63) is 39.0 Å². The van der Waals surface area contributed by atoms with E-state index in [4.69, 9.17) is 15.9 Å². The Bertz CT molecular complexity index is 1460. The molecule has 37 heavy (non-hydrogen) atoms. The number of amides is 2. The van der Waals surface area contributed by atoms with E-state index in [0.29, 0.717) is 27.0 Å². The summed E-state index contributed by atoms with van der Waals surface area (Å²) in [5.41, 5.74) is 2.31. The third kappa shape index (κ3) is 6.09. The normalized spacial score (nSPS) is 15.2. The van der Waals surface area contributed by atoms with Gasteiger partial charge in [-0.05, 0) is 48.9 Å². The van der Waals surface area contributed by atoms with Gasteiger partial charge in [0.2, 0.25) is 5.91 Å². The number of fused-ring (bicyclic) bond motifs is 2. The molecule has 2 aromatic heterocycles. The van der Waals surface area contributed by atoms with E-state index in [9.17, 15) is 14.4 Å². The van der Waals surface area contributed by atoms with Crippen molar-refractivity contribution in [3.8, 4) is 18.1 Å². The van der Waals surface area contributed by atoms with E-state index in [1.54, 1.807) is 7.11 Å². The van der Waals surface area contributed by atoms with Crippen LogP contribution < -0.4 is 14.9 Å². The molecule has 1 aliphatic rings. The van der Waals surface area contributed by atoms with Crippen LogP contribution >= 0.6 is 34.4 Å². The maximum absolute atomic E-state index is 12.7. The van der Waals surface area contributed by atoms with Crippen LogP contribution in [0.2, 0.25) is 0 Å². The first-order valence-electron chi connectivity index (χ1n) is 11.6. The molecular formula is C26H27N3O5S3. The molecule has 0 radical (unpaired) electrons. The lowest BCUT2D eigenvalue weighted by Crippen LogP contribution is -2.19. The molecular weight excluding hydrogens is 531 g/mol. The number of nitrogens with one attached hydrogen (secondary N) is 1. The molecule has 0 fully saturated rings. The lowest BCUT2D eigenvalue weighted by Gasteiger charge is -2.18. The van der Waals surface area contributed by atoms with Gasteiger partial charge >= 0.3 is 5.97 Å². The zero-order chi connectivity index (χ0) is 26.5. The molecule has 0 saturated carbocycles. The van der Waals surface area contributed by atoms with Gasteiger partial charge in [0.1, 0.15) is 10.8 Å². The van der Waals surface area contributed by atoms with Crippen molar-refractivity contribution in [1.82, 2.24) is 4.57 Å². The third-order valence-corrected chi connectivity index (χ3v) is 9.10. The molecule has 1 N–H and O–H groups in total. The zero-order valence-corrected chi connectivity index (χ0v) is 23.2. The number of hydrogen-bond donors (Lipinski definition) is 1. The smallest absolute Gasteiger partial charge is 0.341 e. The molecule has 0 aliphatic heterocycles. The second-order valence-corrected chi connectivity index (χ2v) is 11.7. The summed E-state index contributed by atoms with van der Waals surface area (Å²) in [7, 11) is 2.94. The van der Waals surface area contributed by atoms with Gasteiger partial charge in [0, 0.05) is 4.88 Å². The van der Waals surface area contributed by atoms with Crippen molar-refractivity contribution >= 4 is 67.4 Å². The molecule has 11 heteroatoms. The first-order valence-corrected chi connectivity index (χ1v) is 14.4. The maximum atomic E-state index is 12.7. The number of terminal acetylenes is 1. The molecule has 3 aromatic rings. The van der Waals surface area contributed by atoms with E-state index in [1.807, 2.05) is 22.8 Å². The summed E-state index contributed by atoms with van der Waals surface area (Å²) in [5.74, 6) is 2.83. The second kappa shape index (κ2) is 12.0. The molecule has 2 amide bonds. The van der Waals surface area contributed by atoms with Gasteiger partial charge in [0.05, 0.1) is 48.1 Å². The highest BCUT2D eigenvalue weighted by Crippen LogP contribution is 2.40. The summed E-state index contributed by atoms with van der Waals surface area (Å²) >= 11 is 3.95. The Morgan fingerprint density at radius 2 is 2.08 bits per heavy atom. The van der Waals surface area contributed by atoms with Crippen LogP contribution in [-0.4, -0.2) is 48.1 Å². The van der Waals surface area contributed by atoms with Gasteiger partial charge in [-0.15, -0.1) is 29.5 Å². The van der Waals surface area contributed by atoms with Gasteiger partial charge in [-0.2, -0.15) is 4.99 Å². The van der Waals surface area contributed by atoms with E-state index in [-0.39, 0.29) is 29.9 Å². The van der Waals surface area contributed by atoms with Crippen LogP contribution in [0.3, 0.4) is 0 Å². The molecule has 1 atom stereocenters. The second-order valence-electron chi connectivity index (χ2n) is 8.60. The largest absolute Gasteiger partial charge is 0.497 e. The van der Waals surface area contributed by atoms with E-state index >= 15 is 0 Å². The molecule has 4 rings (SSSR count). The lowest BCUT2D eigenvalue weighted by molar-refractivity contribution is -0.115. The highest BCUT2D eigenvalue weighted by atomic mass is 32.2. The Hall–Kier alpha value is -3.07. The van der Waals surface area contributed by atoms with Crippen molar-refractivity contribution in [2.75, 3.05) is 31.0 Å². The number of carbonyl (C=O) groups is 3. The standard InChI is InChI=1S/C26H27N3O5S3/c1-5-10-29-18-9-7-16(33-3)12-20(18)37-26(29)28-22(31)14-35-13-21(30)27-24-23(25(32)34-4)17-8-6-15(2)11-19(17)36-24/h1,7,9,12,15H,6,8,10-11,13-14H2,2-4H3,(H,27,30). The Labute approximate surface area is 227 Å². The number of esters is 1. The van der Waals surface area contributed by atoms with E-state index in [0.717, 1.165) is 51.7 Å². The Morgan fingerprint density at radius 1 is 1.27 bits per heavy atom. The Kier molecular flexibility index (Phi) is 8.74. The van der Waals surface area contributed by atoms with E-state index in [2.05, 4.69) is 23.2 Å². The summed E-state index contributed by atoms with van der Waals surface area (Å²) in [4.78, 5) is 43.5. The molecule has 1 aliphatic carbocycles. The highest BCUT2D eigenvalue weighted by Gasteiger charge is 2.28. The van der Waals surface area contributed by atoms with E-state index < -0.39 is 5.97 Å². The van der Waals surface area contributed by atoms with Crippen molar-refractivity contribution in [3.63, 3.8) is 0 Å². The number of hydrogen-bond acceptors (Lipinski definition) is 8. The van der Waals surface area contributed by atoms with Crippen LogP contribution in [0.25, 0.3) is 10.2 Å². The Morgan fingerprint density at radius 3 is 2.81 bits per heavy atom. The van der Waals surface area contributed by atoms with Crippen molar-refractivity contribution < 1.29 is 23.9 Å². The van der Waals surface area contributed by atoms with Crippen LogP contribution in [0.1, 0.15) is 34.1 Å². The summed E-state index contributed by atoms with van der Waals surface area (Å²) in [6.07, 6.45) is 8.20. The quantitative estimate of drug-likeness (QED) is 0.331. The average molecular weight is 558 g/mol. The minimum Gasteiger partial charge on any atom is -0.497 e. The van der Waals surface area contributed by atoms with Crippen LogP contribution in [0.5, 0.6) is 5.75 Å². The number of thiophene rings is 1. The number of methoxy groups -OCH3 is 2. The number of benzene rings is 1. The van der Waals surface area contributed by atoms with Gasteiger partial charge in [0.25, 0.3) is 5.91 Å². The van der Waals surface area contributed by atoms with Crippen LogP contribution in [0, 0.1) is 18.3 Å². The predicted molar refractivity (Wildman–Crippen MR) is 149 cm³/mol. The summed E-state index contributed by atoms with van der Waals surface area (Å²) in [6, 6.07) is 5.59. The minimum atomic E-state index is -0.440. The number of anilines is 1. The monoisotopic (exact) mass is 557 g/mol. The maximum Gasteiger partial charge on any atom is 0.341 e. The number of ether oxygens (including phenoxy) is 2. The molecule has 1 aromatic carbocycles. The molecule has 1 unspecified atom stereocenters. The van der Waals surface area contributed by atoms with Crippen LogP contribution in [-0.2, 0) is 33.7 Å². The fourth-order valence-corrected chi connectivity index (χ4v) is 7.29. The molecule has 194 valence electrons. The molecule has 0 spiro atoms. The van der Waals surface area contributed by atoms with Crippen LogP contribution in [0.15, 0.2) is 23.2 Å². The summed E-state index contributed by atoms with van der Waals surface area (Å²) in [5, 5.41) is 3.37. The third-order valence-electron chi connectivity index (χ3n) is 5.97. The predicted octanol–water partition coefficient (Wildman–Crippen LogP) is 4.12. The molecule has 0 bridgehead atoms. The number of thiazole rings is 1. The molecule has 0 saturated heterocycles. The van der Waals surface area contributed by atoms with Gasteiger partial charge < -0.3 is 19.4 Å². The lowest BCUT2D eigenvalue weighted by atomic mass is 9.88. The van der Waals surface area contributed by atoms with Crippen LogP contribution in [0.4, 0.5) is 5.00 Å². The molecule has 8 nitrogen and oxygen atoms in total. The van der Waals surface area contributed by atoms with Gasteiger partial charge in [-0.25, -0.2) is 4.79 Å². The topological polar surface area (TPSA) is 99.0 Å². The van der Waals surface area contributed by atoms with Gasteiger partial charge in [-0.1, -0.05) is 24.2 Å². The minimum absolute atomic E-state index is 0.0311. The van der Waals surface area contributed by atoms with Crippen molar-refractivity contribution in [2.24, 2.45) is 10.9 Å². The number of thioether (sulfide) groups is 1. The average Bonchev–Trinajstić information content (AvgIpc) is 3.39. The fourth-order valence-electron chi connectivity index (χ4n) is 4.20.